The third kappa shape index (κ3) is 3.97. The Bertz CT molecular complexity index is 432. The number of hydrogen-bond acceptors (Lipinski definition) is 3. The van der Waals surface area contributed by atoms with Crippen LogP contribution in [0.3, 0.4) is 0 Å². The van der Waals surface area contributed by atoms with Crippen molar-refractivity contribution in [1.82, 2.24) is 10.3 Å². The Morgan fingerprint density at radius 2 is 1.95 bits per heavy atom. The summed E-state index contributed by atoms with van der Waals surface area (Å²) in [6.45, 7) is 4.31. The molecular weight excluding hydrogens is 268 g/mol. The van der Waals surface area contributed by atoms with Gasteiger partial charge in [0.25, 0.3) is 5.91 Å². The van der Waals surface area contributed by atoms with Crippen molar-refractivity contribution in [3.63, 3.8) is 0 Å². The van der Waals surface area contributed by atoms with Gasteiger partial charge in [-0.15, -0.1) is 12.4 Å². The first-order valence-electron chi connectivity index (χ1n) is 5.98. The Morgan fingerprint density at radius 1 is 1.37 bits per heavy atom. The van der Waals surface area contributed by atoms with E-state index in [1.165, 1.54) is 12.3 Å². The molecule has 0 atom stereocenters. The second kappa shape index (κ2) is 7.16. The molecule has 0 bridgehead atoms. The first-order valence-corrected chi connectivity index (χ1v) is 5.98. The van der Waals surface area contributed by atoms with E-state index in [4.69, 9.17) is 11.5 Å². The van der Waals surface area contributed by atoms with Crippen LogP contribution < -0.4 is 16.8 Å². The molecule has 6 nitrogen and oxygen atoms in total. The molecule has 6 N–H and O–H groups in total. The van der Waals surface area contributed by atoms with Crippen LogP contribution in [-0.4, -0.2) is 28.9 Å². The summed E-state index contributed by atoms with van der Waals surface area (Å²) >= 11 is 0. The lowest BCUT2D eigenvalue weighted by Gasteiger charge is -2.31. The predicted octanol–water partition coefficient (Wildman–Crippen LogP) is 0.783. The van der Waals surface area contributed by atoms with E-state index >= 15 is 0 Å². The van der Waals surface area contributed by atoms with Crippen molar-refractivity contribution in [2.45, 2.75) is 32.2 Å². The second-order valence-electron chi connectivity index (χ2n) is 4.31. The van der Waals surface area contributed by atoms with Crippen LogP contribution in [0.4, 0.5) is 0 Å². The summed E-state index contributed by atoms with van der Waals surface area (Å²) in [7, 11) is 0. The van der Waals surface area contributed by atoms with Crippen LogP contribution in [0.15, 0.2) is 12.3 Å². The number of carbonyl (C=O) groups is 2. The number of halogens is 1. The molecule has 1 aromatic heterocycles. The van der Waals surface area contributed by atoms with Gasteiger partial charge in [-0.3, -0.25) is 9.59 Å². The number of primary amides is 1. The number of nitrogens with one attached hydrogen (secondary N) is 2. The lowest BCUT2D eigenvalue weighted by Crippen LogP contribution is -2.52. The lowest BCUT2D eigenvalue weighted by molar-refractivity contribution is 0.0890. The number of rotatable bonds is 6. The van der Waals surface area contributed by atoms with Crippen LogP contribution >= 0.6 is 12.4 Å². The topological polar surface area (TPSA) is 114 Å². The van der Waals surface area contributed by atoms with Gasteiger partial charge in [0.2, 0.25) is 5.91 Å². The maximum Gasteiger partial charge on any atom is 0.268 e. The summed E-state index contributed by atoms with van der Waals surface area (Å²) in [6, 6.07) is 1.43. The summed E-state index contributed by atoms with van der Waals surface area (Å²) in [5.41, 5.74) is 11.0. The largest absolute Gasteiger partial charge is 0.366 e. The van der Waals surface area contributed by atoms with Gasteiger partial charge < -0.3 is 21.8 Å². The zero-order chi connectivity index (χ0) is 13.8. The van der Waals surface area contributed by atoms with Gasteiger partial charge in [-0.05, 0) is 18.9 Å². The Balaban J connectivity index is 0.00000324. The molecule has 0 fully saturated rings. The molecule has 1 heterocycles. The monoisotopic (exact) mass is 288 g/mol. The molecule has 0 saturated heterocycles. The van der Waals surface area contributed by atoms with E-state index in [-0.39, 0.29) is 23.9 Å². The lowest BCUT2D eigenvalue weighted by atomic mass is 9.93. The average Bonchev–Trinajstić information content (AvgIpc) is 2.86. The van der Waals surface area contributed by atoms with E-state index in [2.05, 4.69) is 10.3 Å². The quantitative estimate of drug-likeness (QED) is 0.620. The van der Waals surface area contributed by atoms with Crippen molar-refractivity contribution in [1.29, 1.82) is 0 Å². The highest BCUT2D eigenvalue weighted by Gasteiger charge is 2.27. The number of aromatic amines is 1. The Labute approximate surface area is 118 Å². The number of amides is 2. The number of H-pyrrole nitrogens is 1. The maximum atomic E-state index is 12.0. The molecular formula is C12H21ClN4O2. The van der Waals surface area contributed by atoms with Gasteiger partial charge >= 0.3 is 0 Å². The molecule has 0 radical (unpaired) electrons. The third-order valence-electron chi connectivity index (χ3n) is 3.34. The molecule has 0 aliphatic rings. The SMILES string of the molecule is CCC(CC)(CN)NC(=O)c1cc(C(N)=O)c[nH]1.Cl. The molecule has 1 aromatic rings. The smallest absolute Gasteiger partial charge is 0.268 e. The molecule has 0 aromatic carbocycles. The summed E-state index contributed by atoms with van der Waals surface area (Å²) in [4.78, 5) is 25.7. The van der Waals surface area contributed by atoms with E-state index < -0.39 is 11.4 Å². The van der Waals surface area contributed by atoms with E-state index in [9.17, 15) is 9.59 Å². The number of aromatic nitrogens is 1. The summed E-state index contributed by atoms with van der Waals surface area (Å²) in [6.07, 6.45) is 2.91. The fourth-order valence-electron chi connectivity index (χ4n) is 1.74. The molecule has 19 heavy (non-hydrogen) atoms. The van der Waals surface area contributed by atoms with E-state index in [1.807, 2.05) is 13.8 Å². The van der Waals surface area contributed by atoms with Crippen molar-refractivity contribution >= 4 is 24.2 Å². The average molecular weight is 289 g/mol. The molecule has 1 rings (SSSR count). The van der Waals surface area contributed by atoms with Crippen molar-refractivity contribution < 1.29 is 9.59 Å². The fourth-order valence-corrected chi connectivity index (χ4v) is 1.74. The molecule has 0 aliphatic carbocycles. The van der Waals surface area contributed by atoms with Crippen LogP contribution in [0.2, 0.25) is 0 Å². The number of hydrogen-bond donors (Lipinski definition) is 4. The molecule has 0 spiro atoms. The van der Waals surface area contributed by atoms with Crippen LogP contribution in [0, 0.1) is 0 Å². The summed E-state index contributed by atoms with van der Waals surface area (Å²) in [5, 5.41) is 2.90. The predicted molar refractivity (Wildman–Crippen MR) is 76.4 cm³/mol. The Morgan fingerprint density at radius 3 is 2.32 bits per heavy atom. The molecule has 108 valence electrons. The van der Waals surface area contributed by atoms with Gasteiger partial charge in [-0.1, -0.05) is 13.8 Å². The highest BCUT2D eigenvalue weighted by atomic mass is 35.5. The first-order chi connectivity index (χ1) is 8.48. The van der Waals surface area contributed by atoms with Gasteiger partial charge in [0.15, 0.2) is 0 Å². The van der Waals surface area contributed by atoms with Crippen molar-refractivity contribution in [3.8, 4) is 0 Å². The van der Waals surface area contributed by atoms with Crippen molar-refractivity contribution in [2.75, 3.05) is 6.54 Å². The number of nitrogens with two attached hydrogens (primary N) is 2. The Hall–Kier alpha value is -1.53. The highest BCUT2D eigenvalue weighted by Crippen LogP contribution is 2.14. The van der Waals surface area contributed by atoms with Crippen LogP contribution in [0.5, 0.6) is 0 Å². The Kier molecular flexibility index (Phi) is 6.58. The standard InChI is InChI=1S/C12H20N4O2.ClH/c1-3-12(4-2,7-13)16-11(18)9-5-8(6-15-9)10(14)17;/h5-6,15H,3-4,7,13H2,1-2H3,(H2,14,17)(H,16,18);1H. The van der Waals surface area contributed by atoms with Crippen LogP contribution in [0.25, 0.3) is 0 Å². The first kappa shape index (κ1) is 17.5. The highest BCUT2D eigenvalue weighted by molar-refractivity contribution is 5.98. The fraction of sp³-hybridized carbons (Fsp3) is 0.500. The zero-order valence-corrected chi connectivity index (χ0v) is 12.0. The summed E-state index contributed by atoms with van der Waals surface area (Å²) < 4.78 is 0. The van der Waals surface area contributed by atoms with E-state index in [1.54, 1.807) is 0 Å². The number of carbonyl (C=O) groups excluding carboxylic acids is 2. The molecule has 0 unspecified atom stereocenters. The molecule has 7 heteroatoms. The van der Waals surface area contributed by atoms with E-state index in [0.29, 0.717) is 12.2 Å². The minimum atomic E-state index is -0.568. The van der Waals surface area contributed by atoms with Gasteiger partial charge in [0.05, 0.1) is 11.1 Å². The maximum absolute atomic E-state index is 12.0. The summed E-state index contributed by atoms with van der Waals surface area (Å²) in [5.74, 6) is -0.849. The van der Waals surface area contributed by atoms with Crippen molar-refractivity contribution in [3.05, 3.63) is 23.5 Å². The third-order valence-corrected chi connectivity index (χ3v) is 3.34. The van der Waals surface area contributed by atoms with Crippen LogP contribution in [-0.2, 0) is 0 Å². The minimum absolute atomic E-state index is 0. The molecule has 0 aliphatic heterocycles. The van der Waals surface area contributed by atoms with E-state index in [0.717, 1.165) is 12.8 Å². The minimum Gasteiger partial charge on any atom is -0.366 e. The van der Waals surface area contributed by atoms with Gasteiger partial charge in [0.1, 0.15) is 5.69 Å². The van der Waals surface area contributed by atoms with Gasteiger partial charge in [-0.2, -0.15) is 0 Å². The van der Waals surface area contributed by atoms with Crippen molar-refractivity contribution in [2.24, 2.45) is 11.5 Å². The molecule has 0 saturated carbocycles. The second-order valence-corrected chi connectivity index (χ2v) is 4.31. The normalized spacial score (nSPS) is 10.7. The van der Waals surface area contributed by atoms with Gasteiger partial charge in [-0.25, -0.2) is 0 Å². The van der Waals surface area contributed by atoms with Crippen LogP contribution in [0.1, 0.15) is 47.5 Å². The van der Waals surface area contributed by atoms with Gasteiger partial charge in [0, 0.05) is 12.7 Å². The zero-order valence-electron chi connectivity index (χ0n) is 11.2. The molecule has 2 amide bonds.